The van der Waals surface area contributed by atoms with Crippen molar-refractivity contribution in [3.63, 3.8) is 0 Å². The minimum absolute atomic E-state index is 0.142. The van der Waals surface area contributed by atoms with Gasteiger partial charge in [0.2, 0.25) is 0 Å². The summed E-state index contributed by atoms with van der Waals surface area (Å²) in [6.45, 7) is 9.21. The zero-order valence-corrected chi connectivity index (χ0v) is 16.6. The van der Waals surface area contributed by atoms with Crippen LogP contribution in [-0.2, 0) is 9.47 Å². The smallest absolute Gasteiger partial charge is 0.194 e. The largest absolute Gasteiger partial charge is 0.489 e. The van der Waals surface area contributed by atoms with Gasteiger partial charge < -0.3 is 24.4 Å². The van der Waals surface area contributed by atoms with Gasteiger partial charge in [0.1, 0.15) is 17.7 Å². The number of hydrogen-bond acceptors (Lipinski definition) is 4. The van der Waals surface area contributed by atoms with Crippen molar-refractivity contribution in [3.8, 4) is 5.75 Å². The number of methoxy groups -OCH3 is 1. The summed E-state index contributed by atoms with van der Waals surface area (Å²) < 4.78 is 29.7. The molecule has 1 aromatic carbocycles. The zero-order valence-electron chi connectivity index (χ0n) is 16.6. The minimum atomic E-state index is -0.299. The highest BCUT2D eigenvalue weighted by Gasteiger charge is 2.25. The number of benzene rings is 1. The van der Waals surface area contributed by atoms with E-state index >= 15 is 0 Å². The third kappa shape index (κ3) is 7.72. The van der Waals surface area contributed by atoms with Crippen molar-refractivity contribution in [2.24, 2.45) is 10.9 Å². The van der Waals surface area contributed by atoms with Gasteiger partial charge >= 0.3 is 0 Å². The molecule has 2 atom stereocenters. The molecule has 1 heterocycles. The third-order valence-electron chi connectivity index (χ3n) is 4.34. The number of nitrogens with one attached hydrogen (secondary N) is 1. The summed E-state index contributed by atoms with van der Waals surface area (Å²) in [7, 11) is 1.68. The lowest BCUT2D eigenvalue weighted by Crippen LogP contribution is -2.41. The summed E-state index contributed by atoms with van der Waals surface area (Å²) in [5.41, 5.74) is 0. The highest BCUT2D eigenvalue weighted by Crippen LogP contribution is 2.17. The van der Waals surface area contributed by atoms with Crippen molar-refractivity contribution >= 4 is 5.96 Å². The van der Waals surface area contributed by atoms with E-state index in [1.165, 1.54) is 12.1 Å². The van der Waals surface area contributed by atoms with Gasteiger partial charge in [-0.25, -0.2) is 9.38 Å². The van der Waals surface area contributed by atoms with E-state index in [1.807, 2.05) is 6.92 Å². The number of halogens is 1. The molecule has 27 heavy (non-hydrogen) atoms. The fraction of sp³-hybridized carbons (Fsp3) is 0.650. The maximum Gasteiger partial charge on any atom is 0.194 e. The van der Waals surface area contributed by atoms with Crippen molar-refractivity contribution in [2.75, 3.05) is 53.1 Å². The summed E-state index contributed by atoms with van der Waals surface area (Å²) in [5, 5.41) is 3.35. The molecular formula is C20H32FN3O3. The Hall–Kier alpha value is -1.86. The van der Waals surface area contributed by atoms with Gasteiger partial charge in [0.05, 0.1) is 26.4 Å². The molecule has 0 spiro atoms. The van der Waals surface area contributed by atoms with Crippen molar-refractivity contribution in [1.82, 2.24) is 10.2 Å². The quantitative estimate of drug-likeness (QED) is 0.383. The van der Waals surface area contributed by atoms with Crippen molar-refractivity contribution in [3.05, 3.63) is 30.1 Å². The predicted molar refractivity (Wildman–Crippen MR) is 105 cm³/mol. The summed E-state index contributed by atoms with van der Waals surface area (Å²) in [6.07, 6.45) is 0.948. The fourth-order valence-corrected chi connectivity index (χ4v) is 3.00. The second-order valence-electron chi connectivity index (χ2n) is 6.75. The lowest BCUT2D eigenvalue weighted by Gasteiger charge is -2.22. The second kappa shape index (κ2) is 11.8. The molecule has 0 aromatic heterocycles. The molecule has 0 aliphatic carbocycles. The van der Waals surface area contributed by atoms with Crippen LogP contribution in [0.15, 0.2) is 29.3 Å². The molecule has 0 saturated carbocycles. The molecule has 1 fully saturated rings. The highest BCUT2D eigenvalue weighted by molar-refractivity contribution is 5.80. The lowest BCUT2D eigenvalue weighted by molar-refractivity contribution is 0.0536. The fourth-order valence-electron chi connectivity index (χ4n) is 3.00. The summed E-state index contributed by atoms with van der Waals surface area (Å²) >= 11 is 0. The first-order chi connectivity index (χ1) is 13.1. The molecule has 1 N–H and O–H groups in total. The molecule has 1 aromatic rings. The van der Waals surface area contributed by atoms with E-state index in [4.69, 9.17) is 19.2 Å². The minimum Gasteiger partial charge on any atom is -0.489 e. The predicted octanol–water partition coefficient (Wildman–Crippen LogP) is 2.54. The van der Waals surface area contributed by atoms with E-state index in [2.05, 4.69) is 17.1 Å². The Bertz CT molecular complexity index is 585. The van der Waals surface area contributed by atoms with Gasteiger partial charge in [-0.3, -0.25) is 0 Å². The second-order valence-corrected chi connectivity index (χ2v) is 6.75. The molecule has 1 saturated heterocycles. The van der Waals surface area contributed by atoms with E-state index in [9.17, 15) is 4.39 Å². The topological polar surface area (TPSA) is 55.3 Å². The molecule has 6 nitrogen and oxygen atoms in total. The summed E-state index contributed by atoms with van der Waals surface area (Å²) in [6, 6.07) is 6.19. The third-order valence-corrected chi connectivity index (χ3v) is 4.34. The van der Waals surface area contributed by atoms with Crippen LogP contribution >= 0.6 is 0 Å². The molecule has 152 valence electrons. The number of rotatable bonds is 10. The molecule has 1 aliphatic rings. The lowest BCUT2D eigenvalue weighted by atomic mass is 10.1. The molecule has 0 amide bonds. The van der Waals surface area contributed by atoms with Gasteiger partial charge in [-0.05, 0) is 32.4 Å². The van der Waals surface area contributed by atoms with Crippen LogP contribution in [0, 0.1) is 11.7 Å². The van der Waals surface area contributed by atoms with E-state index in [1.54, 1.807) is 19.2 Å². The van der Waals surface area contributed by atoms with Crippen LogP contribution in [0.25, 0.3) is 0 Å². The monoisotopic (exact) mass is 381 g/mol. The Kier molecular flexibility index (Phi) is 9.35. The van der Waals surface area contributed by atoms with Crippen LogP contribution in [0.3, 0.4) is 0 Å². The molecule has 0 bridgehead atoms. The zero-order chi connectivity index (χ0) is 19.5. The standard InChI is InChI=1S/C20H32FN3O3/c1-4-22-20(24-9-8-17(14-24)15-26-11-10-25-3)23-13-16(2)27-19-7-5-6-18(21)12-19/h5-7,12,16-17H,4,8-11,13-15H2,1-3H3,(H,22,23). The van der Waals surface area contributed by atoms with Gasteiger partial charge in [0, 0.05) is 38.7 Å². The first-order valence-electron chi connectivity index (χ1n) is 9.64. The van der Waals surface area contributed by atoms with E-state index < -0.39 is 0 Å². The van der Waals surface area contributed by atoms with Gasteiger partial charge in [-0.15, -0.1) is 0 Å². The SMILES string of the molecule is CCNC(=NCC(C)Oc1cccc(F)c1)N1CCC(COCCOC)C1. The highest BCUT2D eigenvalue weighted by atomic mass is 19.1. The Morgan fingerprint density at radius 3 is 3.00 bits per heavy atom. The number of ether oxygens (including phenoxy) is 3. The molecule has 1 aliphatic heterocycles. The summed E-state index contributed by atoms with van der Waals surface area (Å²) in [4.78, 5) is 6.98. The van der Waals surface area contributed by atoms with Crippen LogP contribution < -0.4 is 10.1 Å². The number of guanidine groups is 1. The molecular weight excluding hydrogens is 349 g/mol. The summed E-state index contributed by atoms with van der Waals surface area (Å²) in [5.74, 6) is 1.63. The van der Waals surface area contributed by atoms with Crippen LogP contribution in [-0.4, -0.2) is 70.1 Å². The van der Waals surface area contributed by atoms with Crippen LogP contribution in [0.2, 0.25) is 0 Å². The van der Waals surface area contributed by atoms with E-state index in [0.717, 1.165) is 38.6 Å². The normalized spacial score (nSPS) is 18.6. The number of likely N-dealkylation sites (tertiary alicyclic amines) is 1. The van der Waals surface area contributed by atoms with E-state index in [-0.39, 0.29) is 11.9 Å². The van der Waals surface area contributed by atoms with Crippen LogP contribution in [0.5, 0.6) is 5.75 Å². The van der Waals surface area contributed by atoms with Crippen molar-refractivity contribution in [1.29, 1.82) is 0 Å². The van der Waals surface area contributed by atoms with Crippen molar-refractivity contribution < 1.29 is 18.6 Å². The number of nitrogens with zero attached hydrogens (tertiary/aromatic N) is 2. The molecule has 2 rings (SSSR count). The average molecular weight is 381 g/mol. The van der Waals surface area contributed by atoms with Gasteiger partial charge in [-0.1, -0.05) is 6.07 Å². The molecule has 7 heteroatoms. The first-order valence-corrected chi connectivity index (χ1v) is 9.64. The Balaban J connectivity index is 1.82. The van der Waals surface area contributed by atoms with Crippen molar-refractivity contribution in [2.45, 2.75) is 26.4 Å². The number of hydrogen-bond donors (Lipinski definition) is 1. The van der Waals surface area contributed by atoms with Crippen LogP contribution in [0.4, 0.5) is 4.39 Å². The van der Waals surface area contributed by atoms with Gasteiger partial charge in [-0.2, -0.15) is 0 Å². The Labute approximate surface area is 161 Å². The van der Waals surface area contributed by atoms with Gasteiger partial charge in [0.25, 0.3) is 0 Å². The molecule has 2 unspecified atom stereocenters. The Morgan fingerprint density at radius 2 is 2.26 bits per heavy atom. The van der Waals surface area contributed by atoms with E-state index in [0.29, 0.717) is 31.4 Å². The van der Waals surface area contributed by atoms with Crippen LogP contribution in [0.1, 0.15) is 20.3 Å². The molecule has 0 radical (unpaired) electrons. The number of aliphatic imine (C=N–C) groups is 1. The average Bonchev–Trinajstić information content (AvgIpc) is 3.11. The first kappa shape index (κ1) is 21.4. The van der Waals surface area contributed by atoms with Gasteiger partial charge in [0.15, 0.2) is 5.96 Å². The Morgan fingerprint density at radius 1 is 1.41 bits per heavy atom. The maximum absolute atomic E-state index is 13.3. The maximum atomic E-state index is 13.3.